The number of alkyl halides is 1. The summed E-state index contributed by atoms with van der Waals surface area (Å²) in [4.78, 5) is 3.22. The molecule has 0 N–H and O–H groups in total. The van der Waals surface area contributed by atoms with E-state index in [-0.39, 0.29) is 0 Å². The molecule has 1 aromatic carbocycles. The molecule has 0 aliphatic carbocycles. The van der Waals surface area contributed by atoms with Gasteiger partial charge in [-0.05, 0) is 32.6 Å². The number of hydrogen-bond donors (Lipinski definition) is 0. The van der Waals surface area contributed by atoms with Gasteiger partial charge in [0.05, 0.1) is 5.69 Å². The molecule has 2 aliphatic heterocycles. The summed E-state index contributed by atoms with van der Waals surface area (Å²) in [5.41, 5.74) is 1.02. The Morgan fingerprint density at radius 3 is 2.40 bits per heavy atom. The topological polar surface area (TPSA) is 29.0 Å². The molecule has 0 radical (unpaired) electrons. The summed E-state index contributed by atoms with van der Waals surface area (Å²) < 4.78 is 0. The van der Waals surface area contributed by atoms with Crippen molar-refractivity contribution < 1.29 is 0 Å². The Morgan fingerprint density at radius 2 is 1.70 bits per heavy atom. The van der Waals surface area contributed by atoms with Gasteiger partial charge < -0.3 is 4.90 Å². The molecule has 4 rings (SSSR count). The van der Waals surface area contributed by atoms with Crippen LogP contribution in [0, 0.1) is 6.92 Å². The molecule has 2 atom stereocenters. The van der Waals surface area contributed by atoms with Gasteiger partial charge in [0, 0.05) is 27.7 Å². The van der Waals surface area contributed by atoms with E-state index in [1.807, 2.05) is 6.92 Å². The molecule has 2 saturated heterocycles. The molecule has 2 unspecified atom stereocenters. The molecule has 0 spiro atoms. The van der Waals surface area contributed by atoms with Crippen LogP contribution in [0.2, 0.25) is 0 Å². The first-order valence-electron chi connectivity index (χ1n) is 7.38. The average Bonchev–Trinajstić information content (AvgIpc) is 2.72. The summed E-state index contributed by atoms with van der Waals surface area (Å²) >= 11 is 3.81. The Hall–Kier alpha value is -1.16. The van der Waals surface area contributed by atoms with Gasteiger partial charge in [0.15, 0.2) is 5.82 Å². The van der Waals surface area contributed by atoms with E-state index >= 15 is 0 Å². The highest BCUT2D eigenvalue weighted by molar-refractivity contribution is 9.09. The van der Waals surface area contributed by atoms with Crippen LogP contribution in [0.3, 0.4) is 0 Å². The molecule has 3 nitrogen and oxygen atoms in total. The number of fused-ring (bicyclic) bond motifs is 3. The number of hydrogen-bond acceptors (Lipinski definition) is 3. The molecule has 2 aliphatic rings. The van der Waals surface area contributed by atoms with Gasteiger partial charge in [-0.2, -0.15) is 5.10 Å². The fourth-order valence-corrected chi connectivity index (χ4v) is 4.73. The Bertz CT molecular complexity index is 643. The summed E-state index contributed by atoms with van der Waals surface area (Å²) in [6, 6.07) is 9.78. The number of rotatable bonds is 1. The molecule has 3 heterocycles. The van der Waals surface area contributed by atoms with E-state index in [4.69, 9.17) is 0 Å². The van der Waals surface area contributed by atoms with E-state index in [1.54, 1.807) is 0 Å². The van der Waals surface area contributed by atoms with Crippen LogP contribution < -0.4 is 4.90 Å². The van der Waals surface area contributed by atoms with Crippen molar-refractivity contribution in [2.45, 2.75) is 49.5 Å². The van der Waals surface area contributed by atoms with Crippen molar-refractivity contribution in [1.82, 2.24) is 10.2 Å². The van der Waals surface area contributed by atoms with Gasteiger partial charge in [0.1, 0.15) is 0 Å². The summed E-state index contributed by atoms with van der Waals surface area (Å²) in [7, 11) is 0. The number of nitrogens with zero attached hydrogens (tertiary/aromatic N) is 3. The maximum Gasteiger partial charge on any atom is 0.159 e. The molecular weight excluding hydrogens is 314 g/mol. The van der Waals surface area contributed by atoms with E-state index in [0.29, 0.717) is 16.9 Å². The Balaban J connectivity index is 1.85. The highest BCUT2D eigenvalue weighted by Gasteiger charge is 2.41. The lowest BCUT2D eigenvalue weighted by atomic mass is 10.0. The summed E-state index contributed by atoms with van der Waals surface area (Å²) in [5.74, 6) is 1.10. The van der Waals surface area contributed by atoms with Crippen LogP contribution in [0.4, 0.5) is 5.82 Å². The van der Waals surface area contributed by atoms with E-state index < -0.39 is 0 Å². The summed E-state index contributed by atoms with van der Waals surface area (Å²) in [6.45, 7) is 2.04. The maximum atomic E-state index is 4.56. The number of anilines is 1. The van der Waals surface area contributed by atoms with Crippen molar-refractivity contribution >= 4 is 32.5 Å². The first-order chi connectivity index (χ1) is 9.74. The molecule has 0 saturated carbocycles. The molecule has 4 heteroatoms. The molecule has 104 valence electrons. The van der Waals surface area contributed by atoms with Crippen LogP contribution in [-0.4, -0.2) is 27.1 Å². The SMILES string of the molecule is Cc1nnc(N2C3CCC2CC(Br)C3)c2ccccc12. The minimum absolute atomic E-state index is 0.624. The zero-order valence-electron chi connectivity index (χ0n) is 11.6. The van der Waals surface area contributed by atoms with Gasteiger partial charge in [-0.15, -0.1) is 5.10 Å². The van der Waals surface area contributed by atoms with Gasteiger partial charge in [0.2, 0.25) is 0 Å². The number of benzene rings is 1. The lowest BCUT2D eigenvalue weighted by Crippen LogP contribution is -2.44. The molecule has 2 fully saturated rings. The third-order valence-electron chi connectivity index (χ3n) is 4.77. The standard InChI is InChI=1S/C16H18BrN3/c1-10-14-4-2-3-5-15(14)16(19-18-10)20-12-6-7-13(20)9-11(17)8-12/h2-5,11-13H,6-9H2,1H3. The Morgan fingerprint density at radius 1 is 1.05 bits per heavy atom. The minimum Gasteiger partial charge on any atom is -0.349 e. The fraction of sp³-hybridized carbons (Fsp3) is 0.500. The predicted molar refractivity (Wildman–Crippen MR) is 85.5 cm³/mol. The third-order valence-corrected chi connectivity index (χ3v) is 5.52. The predicted octanol–water partition coefficient (Wildman–Crippen LogP) is 3.83. The van der Waals surface area contributed by atoms with Crippen molar-refractivity contribution in [3.05, 3.63) is 30.0 Å². The van der Waals surface area contributed by atoms with Crippen LogP contribution in [0.25, 0.3) is 10.8 Å². The molecule has 2 bridgehead atoms. The summed E-state index contributed by atoms with van der Waals surface area (Å²) in [6.07, 6.45) is 5.02. The largest absolute Gasteiger partial charge is 0.349 e. The fourth-order valence-electron chi connectivity index (χ4n) is 3.87. The molecule has 2 aromatic rings. The van der Waals surface area contributed by atoms with Crippen molar-refractivity contribution in [2.24, 2.45) is 0 Å². The van der Waals surface area contributed by atoms with Gasteiger partial charge in [-0.3, -0.25) is 0 Å². The van der Waals surface area contributed by atoms with Gasteiger partial charge in [-0.1, -0.05) is 40.2 Å². The normalized spacial score (nSPS) is 29.1. The monoisotopic (exact) mass is 331 g/mol. The molecule has 0 amide bonds. The second-order valence-electron chi connectivity index (χ2n) is 6.02. The van der Waals surface area contributed by atoms with Crippen molar-refractivity contribution in [1.29, 1.82) is 0 Å². The number of piperidine rings is 1. The quantitative estimate of drug-likeness (QED) is 0.743. The van der Waals surface area contributed by atoms with Crippen LogP contribution in [0.15, 0.2) is 24.3 Å². The Kier molecular flexibility index (Phi) is 2.95. The highest BCUT2D eigenvalue weighted by atomic mass is 79.9. The van der Waals surface area contributed by atoms with Crippen LogP contribution in [0.5, 0.6) is 0 Å². The van der Waals surface area contributed by atoms with Crippen molar-refractivity contribution in [3.8, 4) is 0 Å². The second-order valence-corrected chi connectivity index (χ2v) is 7.31. The summed E-state index contributed by atoms with van der Waals surface area (Å²) in [5, 5.41) is 11.4. The molecule has 1 aromatic heterocycles. The van der Waals surface area contributed by atoms with Crippen molar-refractivity contribution in [2.75, 3.05) is 4.90 Å². The van der Waals surface area contributed by atoms with Crippen LogP contribution >= 0.6 is 15.9 Å². The van der Waals surface area contributed by atoms with E-state index in [2.05, 4.69) is 55.3 Å². The lowest BCUT2D eigenvalue weighted by Gasteiger charge is -2.38. The van der Waals surface area contributed by atoms with Gasteiger partial charge in [-0.25, -0.2) is 0 Å². The van der Waals surface area contributed by atoms with E-state index in [0.717, 1.165) is 11.5 Å². The average molecular weight is 332 g/mol. The first kappa shape index (κ1) is 12.6. The van der Waals surface area contributed by atoms with Gasteiger partial charge in [0.25, 0.3) is 0 Å². The highest BCUT2D eigenvalue weighted by Crippen LogP contribution is 2.42. The number of halogens is 1. The molecular formula is C16H18BrN3. The Labute approximate surface area is 127 Å². The van der Waals surface area contributed by atoms with Crippen molar-refractivity contribution in [3.63, 3.8) is 0 Å². The zero-order chi connectivity index (χ0) is 13.7. The maximum absolute atomic E-state index is 4.56. The minimum atomic E-state index is 0.624. The van der Waals surface area contributed by atoms with E-state index in [9.17, 15) is 0 Å². The second kappa shape index (κ2) is 4.69. The number of aromatic nitrogens is 2. The van der Waals surface area contributed by atoms with E-state index in [1.165, 1.54) is 36.5 Å². The van der Waals surface area contributed by atoms with Crippen LogP contribution in [0.1, 0.15) is 31.4 Å². The van der Waals surface area contributed by atoms with Gasteiger partial charge >= 0.3 is 0 Å². The zero-order valence-corrected chi connectivity index (χ0v) is 13.2. The molecule has 20 heavy (non-hydrogen) atoms. The third kappa shape index (κ3) is 1.85. The van der Waals surface area contributed by atoms with Crippen LogP contribution in [-0.2, 0) is 0 Å². The smallest absolute Gasteiger partial charge is 0.159 e. The number of aryl methyl sites for hydroxylation is 1. The first-order valence-corrected chi connectivity index (χ1v) is 8.30. The lowest BCUT2D eigenvalue weighted by molar-refractivity contribution is 0.479.